The van der Waals surface area contributed by atoms with Gasteiger partial charge in [-0.15, -0.1) is 0 Å². The van der Waals surface area contributed by atoms with Gasteiger partial charge in [-0.3, -0.25) is 4.79 Å². The predicted octanol–water partition coefficient (Wildman–Crippen LogP) is 1.83. The maximum Gasteiger partial charge on any atom is 0.240 e. The van der Waals surface area contributed by atoms with Crippen LogP contribution in [-0.2, 0) is 21.4 Å². The quantitative estimate of drug-likeness (QED) is 0.618. The summed E-state index contributed by atoms with van der Waals surface area (Å²) in [5, 5.41) is 2.80. The van der Waals surface area contributed by atoms with E-state index in [4.69, 9.17) is 9.47 Å². The van der Waals surface area contributed by atoms with E-state index in [0.717, 1.165) is 30.9 Å². The Hall–Kier alpha value is -2.85. The van der Waals surface area contributed by atoms with E-state index >= 15 is 0 Å². The number of carbonyl (C=O) groups excluding carboxylic acids is 1. The number of anilines is 1. The first-order valence-electron chi connectivity index (χ1n) is 10.9. The molecule has 1 aromatic heterocycles. The Morgan fingerprint density at radius 3 is 2.56 bits per heavy atom. The molecular formula is C22H28N4O5S. The normalized spacial score (nSPS) is 15.9. The minimum atomic E-state index is -3.76. The Morgan fingerprint density at radius 2 is 1.81 bits per heavy atom. The molecule has 172 valence electrons. The zero-order chi connectivity index (χ0) is 22.4. The summed E-state index contributed by atoms with van der Waals surface area (Å²) in [7, 11) is -3.76. The summed E-state index contributed by atoms with van der Waals surface area (Å²) in [4.78, 5) is 18.9. The van der Waals surface area contributed by atoms with E-state index in [9.17, 15) is 13.2 Å². The van der Waals surface area contributed by atoms with Gasteiger partial charge in [0.2, 0.25) is 15.9 Å². The fourth-order valence-electron chi connectivity index (χ4n) is 3.64. The van der Waals surface area contributed by atoms with Crippen LogP contribution in [0.5, 0.6) is 11.5 Å². The molecule has 3 heterocycles. The summed E-state index contributed by atoms with van der Waals surface area (Å²) in [6, 6.07) is 8.42. The van der Waals surface area contributed by atoms with Crippen molar-refractivity contribution in [2.24, 2.45) is 0 Å². The zero-order valence-electron chi connectivity index (χ0n) is 17.9. The molecule has 1 amide bonds. The number of hydrogen-bond donors (Lipinski definition) is 2. The average molecular weight is 461 g/mol. The van der Waals surface area contributed by atoms with Crippen molar-refractivity contribution in [2.45, 2.75) is 37.1 Å². The molecule has 10 heteroatoms. The van der Waals surface area contributed by atoms with Crippen molar-refractivity contribution < 1.29 is 22.7 Å². The molecule has 2 aliphatic rings. The molecule has 0 spiro atoms. The largest absolute Gasteiger partial charge is 0.490 e. The van der Waals surface area contributed by atoms with Crippen molar-refractivity contribution in [2.75, 3.05) is 37.7 Å². The Balaban J connectivity index is 1.23. The highest BCUT2D eigenvalue weighted by Crippen LogP contribution is 2.31. The summed E-state index contributed by atoms with van der Waals surface area (Å²) < 4.78 is 38.6. The smallest absolute Gasteiger partial charge is 0.240 e. The lowest BCUT2D eigenvalue weighted by atomic mass is 10.2. The number of amides is 1. The number of nitrogens with zero attached hydrogens (tertiary/aromatic N) is 2. The molecule has 2 N–H and O–H groups in total. The van der Waals surface area contributed by atoms with Gasteiger partial charge >= 0.3 is 0 Å². The molecule has 0 atom stereocenters. The highest BCUT2D eigenvalue weighted by molar-refractivity contribution is 7.89. The first kappa shape index (κ1) is 22.3. The molecule has 2 aliphatic heterocycles. The molecule has 2 aromatic rings. The van der Waals surface area contributed by atoms with Gasteiger partial charge in [-0.25, -0.2) is 18.1 Å². The number of hydrogen-bond acceptors (Lipinski definition) is 7. The van der Waals surface area contributed by atoms with Gasteiger partial charge in [0.25, 0.3) is 0 Å². The average Bonchev–Trinajstić information content (AvgIpc) is 3.23. The van der Waals surface area contributed by atoms with Gasteiger partial charge in [0.15, 0.2) is 11.5 Å². The van der Waals surface area contributed by atoms with E-state index in [1.807, 2.05) is 12.1 Å². The second kappa shape index (κ2) is 10.2. The number of rotatable bonds is 8. The highest BCUT2D eigenvalue weighted by atomic mass is 32.2. The third kappa shape index (κ3) is 5.68. The van der Waals surface area contributed by atoms with Crippen LogP contribution in [0.15, 0.2) is 41.4 Å². The topological polar surface area (TPSA) is 110 Å². The number of carbonyl (C=O) groups is 1. The van der Waals surface area contributed by atoms with Crippen LogP contribution in [0.25, 0.3) is 0 Å². The molecule has 0 aliphatic carbocycles. The monoisotopic (exact) mass is 460 g/mol. The number of benzene rings is 1. The van der Waals surface area contributed by atoms with Crippen LogP contribution in [0.4, 0.5) is 5.82 Å². The number of pyridine rings is 1. The molecular weight excluding hydrogens is 432 g/mol. The standard InChI is InChI=1S/C22H28N4O5S/c27-22(24-16-17-4-7-21(23-15-17)26-10-1-2-11-26)8-9-25-32(28,29)18-5-6-19-20(14-18)31-13-3-12-30-19/h4-7,14-15,25H,1-3,8-13,16H2,(H,24,27). The summed E-state index contributed by atoms with van der Waals surface area (Å²) in [6.45, 7) is 3.41. The first-order valence-corrected chi connectivity index (χ1v) is 12.4. The van der Waals surface area contributed by atoms with Crippen LogP contribution >= 0.6 is 0 Å². The van der Waals surface area contributed by atoms with Crippen molar-refractivity contribution in [3.63, 3.8) is 0 Å². The van der Waals surface area contributed by atoms with Gasteiger partial charge in [0.1, 0.15) is 5.82 Å². The lowest BCUT2D eigenvalue weighted by molar-refractivity contribution is -0.121. The van der Waals surface area contributed by atoms with E-state index < -0.39 is 10.0 Å². The molecule has 0 bridgehead atoms. The second-order valence-electron chi connectivity index (χ2n) is 7.80. The second-order valence-corrected chi connectivity index (χ2v) is 9.57. The maximum atomic E-state index is 12.6. The first-order chi connectivity index (χ1) is 15.5. The molecule has 4 rings (SSSR count). The van der Waals surface area contributed by atoms with E-state index in [1.54, 1.807) is 12.3 Å². The lowest BCUT2D eigenvalue weighted by Crippen LogP contribution is -2.30. The molecule has 9 nitrogen and oxygen atoms in total. The molecule has 0 unspecified atom stereocenters. The van der Waals surface area contributed by atoms with Crippen molar-refractivity contribution in [1.29, 1.82) is 0 Å². The van der Waals surface area contributed by atoms with Gasteiger partial charge < -0.3 is 19.7 Å². The minimum absolute atomic E-state index is 0.00520. The minimum Gasteiger partial charge on any atom is -0.490 e. The molecule has 1 fully saturated rings. The van der Waals surface area contributed by atoms with Crippen molar-refractivity contribution in [3.05, 3.63) is 42.1 Å². The number of ether oxygens (including phenoxy) is 2. The van der Waals surface area contributed by atoms with Gasteiger partial charge in [-0.05, 0) is 36.6 Å². The van der Waals surface area contributed by atoms with Gasteiger partial charge in [0.05, 0.1) is 18.1 Å². The lowest BCUT2D eigenvalue weighted by Gasteiger charge is -2.16. The Kier molecular flexibility index (Phi) is 7.11. The Bertz CT molecular complexity index is 1040. The maximum absolute atomic E-state index is 12.6. The van der Waals surface area contributed by atoms with Gasteiger partial charge in [-0.2, -0.15) is 0 Å². The fourth-order valence-corrected chi connectivity index (χ4v) is 4.68. The molecule has 32 heavy (non-hydrogen) atoms. The van der Waals surface area contributed by atoms with Gasteiger partial charge in [0, 0.05) is 51.3 Å². The third-order valence-electron chi connectivity index (χ3n) is 5.40. The summed E-state index contributed by atoms with van der Waals surface area (Å²) in [6.07, 6.45) is 4.92. The van der Waals surface area contributed by atoms with Crippen molar-refractivity contribution in [3.8, 4) is 11.5 Å². The van der Waals surface area contributed by atoms with Crippen LogP contribution in [0, 0.1) is 0 Å². The van der Waals surface area contributed by atoms with Crippen LogP contribution < -0.4 is 24.4 Å². The van der Waals surface area contributed by atoms with E-state index in [-0.39, 0.29) is 23.8 Å². The number of aromatic nitrogens is 1. The molecule has 1 saturated heterocycles. The summed E-state index contributed by atoms with van der Waals surface area (Å²) >= 11 is 0. The molecule has 1 aromatic carbocycles. The molecule has 0 radical (unpaired) electrons. The van der Waals surface area contributed by atoms with Crippen LogP contribution in [-0.4, -0.2) is 52.2 Å². The summed E-state index contributed by atoms with van der Waals surface area (Å²) in [5.74, 6) is 1.66. The van der Waals surface area contributed by atoms with Crippen LogP contribution in [0.3, 0.4) is 0 Å². The fraction of sp³-hybridized carbons (Fsp3) is 0.455. The third-order valence-corrected chi connectivity index (χ3v) is 6.86. The van der Waals surface area contributed by atoms with Crippen molar-refractivity contribution in [1.82, 2.24) is 15.0 Å². The van der Waals surface area contributed by atoms with Crippen LogP contribution in [0.2, 0.25) is 0 Å². The van der Waals surface area contributed by atoms with E-state index in [1.165, 1.54) is 25.0 Å². The van der Waals surface area contributed by atoms with E-state index in [0.29, 0.717) is 31.3 Å². The number of nitrogens with one attached hydrogen (secondary N) is 2. The number of sulfonamides is 1. The molecule has 0 saturated carbocycles. The van der Waals surface area contributed by atoms with Crippen LogP contribution in [0.1, 0.15) is 31.2 Å². The van der Waals surface area contributed by atoms with E-state index in [2.05, 4.69) is 19.9 Å². The van der Waals surface area contributed by atoms with Crippen molar-refractivity contribution >= 4 is 21.7 Å². The Labute approximate surface area is 188 Å². The summed E-state index contributed by atoms with van der Waals surface area (Å²) in [5.41, 5.74) is 0.897. The zero-order valence-corrected chi connectivity index (χ0v) is 18.7. The number of fused-ring (bicyclic) bond motifs is 1. The predicted molar refractivity (Wildman–Crippen MR) is 119 cm³/mol. The highest BCUT2D eigenvalue weighted by Gasteiger charge is 2.19. The SMILES string of the molecule is O=C(CCNS(=O)(=O)c1ccc2c(c1)OCCCO2)NCc1ccc(N2CCCC2)nc1. The van der Waals surface area contributed by atoms with Gasteiger partial charge in [-0.1, -0.05) is 6.07 Å². The Morgan fingerprint density at radius 1 is 1.03 bits per heavy atom.